The van der Waals surface area contributed by atoms with E-state index in [1.165, 1.54) is 0 Å². The fourth-order valence-electron chi connectivity index (χ4n) is 4.40. The first-order chi connectivity index (χ1) is 13.3. The predicted molar refractivity (Wildman–Crippen MR) is 106 cm³/mol. The van der Waals surface area contributed by atoms with Crippen molar-refractivity contribution >= 4 is 23.8 Å². The molecule has 2 fully saturated rings. The summed E-state index contributed by atoms with van der Waals surface area (Å²) in [6, 6.07) is 6.01. The van der Waals surface area contributed by atoms with Gasteiger partial charge in [-0.2, -0.15) is 0 Å². The van der Waals surface area contributed by atoms with Gasteiger partial charge in [0, 0.05) is 17.9 Å². The lowest BCUT2D eigenvalue weighted by molar-refractivity contribution is -0.163. The molecule has 0 amide bonds. The summed E-state index contributed by atoms with van der Waals surface area (Å²) in [5, 5.41) is 9.44. The zero-order valence-corrected chi connectivity index (χ0v) is 16.7. The number of Topliss-reactive ketones (excluding diaryl/α,β-unsaturated/α-hetero) is 1. The number of rotatable bonds is 4. The number of aryl methyl sites for hydroxylation is 2. The number of ether oxygens (including phenoxy) is 1. The number of carbonyl (C=O) groups excluding carboxylic acids is 2. The lowest BCUT2D eigenvalue weighted by Gasteiger charge is -2.28. The third-order valence-electron chi connectivity index (χ3n) is 6.02. The Bertz CT molecular complexity index is 822. The molecule has 4 unspecified atom stereocenters. The van der Waals surface area contributed by atoms with E-state index >= 15 is 0 Å². The van der Waals surface area contributed by atoms with Crippen molar-refractivity contribution in [3.63, 3.8) is 0 Å². The van der Waals surface area contributed by atoms with Crippen molar-refractivity contribution in [2.45, 2.75) is 59.0 Å². The van der Waals surface area contributed by atoms with Gasteiger partial charge in [0.1, 0.15) is 6.10 Å². The molecule has 5 nitrogen and oxygen atoms in total. The molecule has 1 aromatic carbocycles. The van der Waals surface area contributed by atoms with E-state index in [-0.39, 0.29) is 11.7 Å². The molecule has 28 heavy (non-hydrogen) atoms. The van der Waals surface area contributed by atoms with Crippen LogP contribution in [-0.4, -0.2) is 28.9 Å². The number of aliphatic carboxylic acids is 1. The summed E-state index contributed by atoms with van der Waals surface area (Å²) >= 11 is 0. The maximum atomic E-state index is 12.8. The maximum Gasteiger partial charge on any atom is 0.310 e. The highest BCUT2D eigenvalue weighted by molar-refractivity contribution is 6.03. The molecule has 0 radical (unpaired) electrons. The standard InChI is InChI=1S/C23H28O5/c1-13-8-9-16(14(2)10-13)12-19-20(24)11-15(3)21(19)28-23(27)18-7-5-4-6-17(18)22(25)26/h8-10,12,15,17-18,21H,4-7,11H2,1-3H3,(H,25,26). The smallest absolute Gasteiger partial charge is 0.310 e. The first-order valence-electron chi connectivity index (χ1n) is 10.0. The molecule has 5 heteroatoms. The highest BCUT2D eigenvalue weighted by atomic mass is 16.5. The average Bonchev–Trinajstić information content (AvgIpc) is 2.90. The Morgan fingerprint density at radius 3 is 2.46 bits per heavy atom. The largest absolute Gasteiger partial charge is 0.481 e. The van der Waals surface area contributed by atoms with Crippen LogP contribution in [0.1, 0.15) is 55.7 Å². The van der Waals surface area contributed by atoms with E-state index in [2.05, 4.69) is 6.07 Å². The van der Waals surface area contributed by atoms with Crippen LogP contribution in [0.2, 0.25) is 0 Å². The number of hydrogen-bond donors (Lipinski definition) is 1. The van der Waals surface area contributed by atoms with E-state index in [0.29, 0.717) is 24.8 Å². The van der Waals surface area contributed by atoms with Gasteiger partial charge >= 0.3 is 11.9 Å². The Hall–Kier alpha value is -2.43. The molecule has 0 aromatic heterocycles. The lowest BCUT2D eigenvalue weighted by atomic mass is 9.79. The minimum absolute atomic E-state index is 0.0105. The fraction of sp³-hybridized carbons (Fsp3) is 0.522. The van der Waals surface area contributed by atoms with E-state index in [1.807, 2.05) is 39.0 Å². The summed E-state index contributed by atoms with van der Waals surface area (Å²) in [7, 11) is 0. The average molecular weight is 384 g/mol. The summed E-state index contributed by atoms with van der Waals surface area (Å²) in [4.78, 5) is 36.9. The van der Waals surface area contributed by atoms with Gasteiger partial charge in [-0.25, -0.2) is 0 Å². The van der Waals surface area contributed by atoms with Gasteiger partial charge in [0.25, 0.3) is 0 Å². The van der Waals surface area contributed by atoms with Gasteiger partial charge in [0.15, 0.2) is 5.78 Å². The second-order valence-electron chi connectivity index (χ2n) is 8.26. The monoisotopic (exact) mass is 384 g/mol. The number of benzene rings is 1. The van der Waals surface area contributed by atoms with Crippen molar-refractivity contribution in [1.82, 2.24) is 0 Å². The van der Waals surface area contributed by atoms with Crippen molar-refractivity contribution in [3.05, 3.63) is 40.5 Å². The van der Waals surface area contributed by atoms with Gasteiger partial charge < -0.3 is 9.84 Å². The van der Waals surface area contributed by atoms with Crippen LogP contribution in [-0.2, 0) is 19.1 Å². The molecule has 0 aliphatic heterocycles. The van der Waals surface area contributed by atoms with Crippen molar-refractivity contribution < 1.29 is 24.2 Å². The second-order valence-corrected chi connectivity index (χ2v) is 8.26. The zero-order chi connectivity index (χ0) is 20.4. The molecule has 2 aliphatic rings. The van der Waals surface area contributed by atoms with E-state index in [1.54, 1.807) is 0 Å². The molecule has 0 heterocycles. The Labute approximate surface area is 165 Å². The molecule has 0 spiro atoms. The summed E-state index contributed by atoms with van der Waals surface area (Å²) < 4.78 is 5.77. The first-order valence-corrected chi connectivity index (χ1v) is 10.0. The van der Waals surface area contributed by atoms with Crippen LogP contribution in [0.5, 0.6) is 0 Å². The van der Waals surface area contributed by atoms with Crippen LogP contribution < -0.4 is 0 Å². The molecule has 1 N–H and O–H groups in total. The number of carboxylic acid groups (broad SMARTS) is 1. The summed E-state index contributed by atoms with van der Waals surface area (Å²) in [6.45, 7) is 5.90. The highest BCUT2D eigenvalue weighted by Crippen LogP contribution is 2.36. The third-order valence-corrected chi connectivity index (χ3v) is 6.02. The van der Waals surface area contributed by atoms with Gasteiger partial charge in [-0.15, -0.1) is 0 Å². The van der Waals surface area contributed by atoms with Gasteiger partial charge in [0.05, 0.1) is 11.8 Å². The van der Waals surface area contributed by atoms with Crippen molar-refractivity contribution in [2.24, 2.45) is 17.8 Å². The fourth-order valence-corrected chi connectivity index (χ4v) is 4.40. The van der Waals surface area contributed by atoms with Gasteiger partial charge in [0.2, 0.25) is 0 Å². The molecule has 4 atom stereocenters. The zero-order valence-electron chi connectivity index (χ0n) is 16.7. The number of hydrogen-bond acceptors (Lipinski definition) is 4. The summed E-state index contributed by atoms with van der Waals surface area (Å²) in [5.41, 5.74) is 3.65. The first kappa shape index (κ1) is 20.3. The quantitative estimate of drug-likeness (QED) is 0.624. The Balaban J connectivity index is 1.84. The third kappa shape index (κ3) is 4.18. The molecule has 150 valence electrons. The van der Waals surface area contributed by atoms with Crippen LogP contribution in [0.3, 0.4) is 0 Å². The Morgan fingerprint density at radius 2 is 1.82 bits per heavy atom. The maximum absolute atomic E-state index is 12.8. The molecular formula is C23H28O5. The molecular weight excluding hydrogens is 356 g/mol. The molecule has 3 rings (SSSR count). The second kappa shape index (κ2) is 8.29. The van der Waals surface area contributed by atoms with E-state index in [0.717, 1.165) is 29.5 Å². The van der Waals surface area contributed by atoms with Crippen LogP contribution in [0.15, 0.2) is 23.8 Å². The van der Waals surface area contributed by atoms with Crippen LogP contribution >= 0.6 is 0 Å². The number of carboxylic acids is 1. The molecule has 2 saturated carbocycles. The number of ketones is 1. The number of carbonyl (C=O) groups is 3. The van der Waals surface area contributed by atoms with E-state index in [4.69, 9.17) is 4.74 Å². The predicted octanol–water partition coefficient (Wildman–Crippen LogP) is 4.10. The summed E-state index contributed by atoms with van der Waals surface area (Å²) in [6.07, 6.45) is 4.22. The minimum atomic E-state index is -0.941. The SMILES string of the molecule is Cc1ccc(C=C2C(=O)CC(C)C2OC(=O)C2CCCCC2C(=O)O)c(C)c1. The topological polar surface area (TPSA) is 80.7 Å². The van der Waals surface area contributed by atoms with Gasteiger partial charge in [-0.05, 0) is 43.9 Å². The van der Waals surface area contributed by atoms with E-state index < -0.39 is 29.9 Å². The van der Waals surface area contributed by atoms with Crippen LogP contribution in [0, 0.1) is 31.6 Å². The van der Waals surface area contributed by atoms with Gasteiger partial charge in [-0.3, -0.25) is 14.4 Å². The Morgan fingerprint density at radius 1 is 1.14 bits per heavy atom. The minimum Gasteiger partial charge on any atom is -0.481 e. The molecule has 0 bridgehead atoms. The lowest BCUT2D eigenvalue weighted by Crippen LogP contribution is -2.36. The molecule has 2 aliphatic carbocycles. The van der Waals surface area contributed by atoms with Crippen LogP contribution in [0.25, 0.3) is 6.08 Å². The molecule has 1 aromatic rings. The highest BCUT2D eigenvalue weighted by Gasteiger charge is 2.42. The van der Waals surface area contributed by atoms with Gasteiger partial charge in [-0.1, -0.05) is 43.5 Å². The van der Waals surface area contributed by atoms with Crippen LogP contribution in [0.4, 0.5) is 0 Å². The normalized spacial score (nSPS) is 29.1. The Kier molecular flexibility index (Phi) is 6.01. The van der Waals surface area contributed by atoms with E-state index in [9.17, 15) is 19.5 Å². The summed E-state index contributed by atoms with van der Waals surface area (Å²) in [5.74, 6) is -2.87. The van der Waals surface area contributed by atoms with Crippen molar-refractivity contribution in [3.8, 4) is 0 Å². The van der Waals surface area contributed by atoms with Crippen molar-refractivity contribution in [2.75, 3.05) is 0 Å². The number of esters is 1. The molecule has 0 saturated heterocycles. The van der Waals surface area contributed by atoms with Crippen molar-refractivity contribution in [1.29, 1.82) is 0 Å².